The molecular formula is C18H23ClN6O3S. The number of nitrogens with two attached hydrogens (primary N) is 1. The lowest BCUT2D eigenvalue weighted by atomic mass is 10.0. The van der Waals surface area contributed by atoms with E-state index in [1.165, 1.54) is 37.3 Å². The van der Waals surface area contributed by atoms with E-state index in [2.05, 4.69) is 19.8 Å². The number of pyridine rings is 1. The van der Waals surface area contributed by atoms with Crippen molar-refractivity contribution in [1.29, 1.82) is 0 Å². The molecule has 0 fully saturated rings. The van der Waals surface area contributed by atoms with E-state index in [4.69, 9.17) is 5.73 Å². The van der Waals surface area contributed by atoms with Crippen molar-refractivity contribution in [2.24, 2.45) is 0 Å². The van der Waals surface area contributed by atoms with Crippen LogP contribution in [0.15, 0.2) is 48.0 Å². The Hall–Kier alpha value is -2.53. The molecule has 0 spiro atoms. The summed E-state index contributed by atoms with van der Waals surface area (Å²) in [6.45, 7) is 4.84. The van der Waals surface area contributed by atoms with Gasteiger partial charge in [0.15, 0.2) is 0 Å². The number of halogens is 1. The summed E-state index contributed by atoms with van der Waals surface area (Å²) in [6, 6.07) is 6.59. The summed E-state index contributed by atoms with van der Waals surface area (Å²) < 4.78 is 29.1. The van der Waals surface area contributed by atoms with Gasteiger partial charge in [-0.1, -0.05) is 6.07 Å². The molecule has 0 bridgehead atoms. The zero-order valence-electron chi connectivity index (χ0n) is 16.2. The van der Waals surface area contributed by atoms with Gasteiger partial charge in [0.05, 0.1) is 10.5 Å². The zero-order chi connectivity index (χ0) is 20.5. The van der Waals surface area contributed by atoms with Crippen LogP contribution in [0.3, 0.4) is 0 Å². The molecule has 0 aliphatic heterocycles. The lowest BCUT2D eigenvalue weighted by molar-refractivity contribution is 0.0857. The zero-order valence-corrected chi connectivity index (χ0v) is 17.8. The molecule has 2 heterocycles. The monoisotopic (exact) mass is 438 g/mol. The highest BCUT2D eigenvalue weighted by Gasteiger charge is 2.21. The molecule has 0 radical (unpaired) electrons. The van der Waals surface area contributed by atoms with Crippen LogP contribution in [0, 0.1) is 6.92 Å². The number of hydrogen-bond acceptors (Lipinski definition) is 7. The van der Waals surface area contributed by atoms with Gasteiger partial charge >= 0.3 is 0 Å². The molecule has 0 saturated carbocycles. The van der Waals surface area contributed by atoms with E-state index in [1.807, 2.05) is 6.92 Å². The molecule has 156 valence electrons. The molecule has 3 aromatic rings. The maximum absolute atomic E-state index is 12.6. The SMILES string of the molecule is Cc1ccc(S(=O)(=O)NCC(C)(C)O)cc1-c1cnc(N)c(-n2cncn2)c1.Cl. The third kappa shape index (κ3) is 5.30. The molecule has 0 saturated heterocycles. The first kappa shape index (κ1) is 22.8. The second-order valence-electron chi connectivity index (χ2n) is 7.08. The summed E-state index contributed by atoms with van der Waals surface area (Å²) in [5.74, 6) is 0.280. The van der Waals surface area contributed by atoms with Gasteiger partial charge in [0.2, 0.25) is 10.0 Å². The van der Waals surface area contributed by atoms with E-state index < -0.39 is 15.6 Å². The second-order valence-corrected chi connectivity index (χ2v) is 8.85. The van der Waals surface area contributed by atoms with Gasteiger partial charge in [-0.25, -0.2) is 27.8 Å². The number of nitrogens with one attached hydrogen (secondary N) is 1. The summed E-state index contributed by atoms with van der Waals surface area (Å²) in [5, 5.41) is 13.9. The molecule has 0 unspecified atom stereocenters. The lowest BCUT2D eigenvalue weighted by Gasteiger charge is -2.18. The van der Waals surface area contributed by atoms with Crippen LogP contribution >= 0.6 is 12.4 Å². The van der Waals surface area contributed by atoms with Crippen molar-refractivity contribution >= 4 is 28.2 Å². The molecular weight excluding hydrogens is 416 g/mol. The van der Waals surface area contributed by atoms with E-state index >= 15 is 0 Å². The maximum atomic E-state index is 12.6. The van der Waals surface area contributed by atoms with Crippen LogP contribution < -0.4 is 10.5 Å². The average molecular weight is 439 g/mol. The van der Waals surface area contributed by atoms with Gasteiger partial charge in [0, 0.05) is 18.3 Å². The van der Waals surface area contributed by atoms with E-state index in [9.17, 15) is 13.5 Å². The minimum absolute atomic E-state index is 0. The molecule has 29 heavy (non-hydrogen) atoms. The van der Waals surface area contributed by atoms with Gasteiger partial charge in [0.25, 0.3) is 0 Å². The number of aryl methyl sites for hydroxylation is 1. The number of sulfonamides is 1. The Balaban J connectivity index is 0.00000300. The fourth-order valence-electron chi connectivity index (χ4n) is 2.56. The van der Waals surface area contributed by atoms with Gasteiger partial charge < -0.3 is 10.8 Å². The molecule has 9 nitrogen and oxygen atoms in total. The van der Waals surface area contributed by atoms with Gasteiger partial charge in [0.1, 0.15) is 24.2 Å². The number of rotatable bonds is 6. The minimum atomic E-state index is -3.78. The summed E-state index contributed by atoms with van der Waals surface area (Å²) in [4.78, 5) is 8.20. The van der Waals surface area contributed by atoms with Crippen LogP contribution in [0.5, 0.6) is 0 Å². The Labute approximate surface area is 175 Å². The summed E-state index contributed by atoms with van der Waals surface area (Å²) in [5.41, 5.74) is 7.59. The summed E-state index contributed by atoms with van der Waals surface area (Å²) in [7, 11) is -3.78. The number of hydrogen-bond donors (Lipinski definition) is 3. The van der Waals surface area contributed by atoms with Gasteiger partial charge in [-0.15, -0.1) is 12.4 Å². The fourth-order valence-corrected chi connectivity index (χ4v) is 3.79. The predicted molar refractivity (Wildman–Crippen MR) is 112 cm³/mol. The molecule has 0 atom stereocenters. The molecule has 3 rings (SSSR count). The third-order valence-electron chi connectivity index (χ3n) is 4.09. The van der Waals surface area contributed by atoms with Crippen LogP contribution in [0.25, 0.3) is 16.8 Å². The van der Waals surface area contributed by atoms with E-state index in [1.54, 1.807) is 24.4 Å². The Kier molecular flexibility index (Phi) is 6.63. The van der Waals surface area contributed by atoms with Crippen LogP contribution in [-0.4, -0.2) is 45.4 Å². The average Bonchev–Trinajstić information content (AvgIpc) is 3.15. The standard InChI is InChI=1S/C18H22N6O3S.ClH/c1-12-4-5-14(28(26,27)23-9-18(2,3)25)7-15(12)13-6-16(17(19)21-8-13)24-11-20-10-22-24;/h4-8,10-11,23,25H,9H2,1-3H3,(H2,19,21);1H. The fraction of sp³-hybridized carbons (Fsp3) is 0.278. The van der Waals surface area contributed by atoms with E-state index in [-0.39, 0.29) is 29.7 Å². The Morgan fingerprint density at radius 3 is 2.62 bits per heavy atom. The molecule has 11 heteroatoms. The normalized spacial score (nSPS) is 11.9. The van der Waals surface area contributed by atoms with Crippen molar-refractivity contribution in [3.05, 3.63) is 48.7 Å². The lowest BCUT2D eigenvalue weighted by Crippen LogP contribution is -2.38. The molecule has 0 aliphatic carbocycles. The number of aromatic nitrogens is 4. The summed E-state index contributed by atoms with van der Waals surface area (Å²) >= 11 is 0. The highest BCUT2D eigenvalue weighted by atomic mass is 35.5. The smallest absolute Gasteiger partial charge is 0.240 e. The molecule has 0 aliphatic rings. The van der Waals surface area contributed by atoms with Crippen molar-refractivity contribution in [2.45, 2.75) is 31.3 Å². The number of aliphatic hydroxyl groups is 1. The molecule has 1 aromatic carbocycles. The predicted octanol–water partition coefficient (Wildman–Crippen LogP) is 1.69. The second kappa shape index (κ2) is 8.46. The quantitative estimate of drug-likeness (QED) is 0.532. The first-order chi connectivity index (χ1) is 13.1. The summed E-state index contributed by atoms with van der Waals surface area (Å²) in [6.07, 6.45) is 4.48. The highest BCUT2D eigenvalue weighted by molar-refractivity contribution is 7.89. The third-order valence-corrected chi connectivity index (χ3v) is 5.49. The Morgan fingerprint density at radius 2 is 2.00 bits per heavy atom. The first-order valence-electron chi connectivity index (χ1n) is 8.50. The number of nitrogen functional groups attached to an aromatic ring is 1. The Bertz CT molecular complexity index is 1100. The minimum Gasteiger partial charge on any atom is -0.389 e. The Morgan fingerprint density at radius 1 is 1.28 bits per heavy atom. The van der Waals surface area contributed by atoms with Crippen molar-refractivity contribution < 1.29 is 13.5 Å². The van der Waals surface area contributed by atoms with Crippen LogP contribution in [0.1, 0.15) is 19.4 Å². The van der Waals surface area contributed by atoms with E-state index in [0.29, 0.717) is 16.8 Å². The topological polar surface area (TPSA) is 136 Å². The van der Waals surface area contributed by atoms with Crippen molar-refractivity contribution in [2.75, 3.05) is 12.3 Å². The molecule has 4 N–H and O–H groups in total. The molecule has 0 amide bonds. The number of anilines is 1. The van der Waals surface area contributed by atoms with Crippen molar-refractivity contribution in [3.8, 4) is 16.8 Å². The van der Waals surface area contributed by atoms with E-state index in [0.717, 1.165) is 5.56 Å². The maximum Gasteiger partial charge on any atom is 0.240 e. The van der Waals surface area contributed by atoms with Gasteiger partial charge in [-0.05, 0) is 50.1 Å². The number of benzene rings is 1. The van der Waals surface area contributed by atoms with Gasteiger partial charge in [-0.2, -0.15) is 5.10 Å². The van der Waals surface area contributed by atoms with Crippen LogP contribution in [0.4, 0.5) is 5.82 Å². The molecule has 2 aromatic heterocycles. The first-order valence-corrected chi connectivity index (χ1v) is 9.99. The van der Waals surface area contributed by atoms with Crippen LogP contribution in [0.2, 0.25) is 0 Å². The number of nitrogens with zero attached hydrogens (tertiary/aromatic N) is 4. The largest absolute Gasteiger partial charge is 0.389 e. The van der Waals surface area contributed by atoms with Crippen molar-refractivity contribution in [1.82, 2.24) is 24.5 Å². The highest BCUT2D eigenvalue weighted by Crippen LogP contribution is 2.29. The van der Waals surface area contributed by atoms with Crippen LogP contribution in [-0.2, 0) is 10.0 Å². The van der Waals surface area contributed by atoms with Gasteiger partial charge in [-0.3, -0.25) is 0 Å². The van der Waals surface area contributed by atoms with Crippen molar-refractivity contribution in [3.63, 3.8) is 0 Å².